The van der Waals surface area contributed by atoms with E-state index in [1.165, 1.54) is 0 Å². The average molecular weight is 250 g/mol. The van der Waals surface area contributed by atoms with Crippen LogP contribution < -0.4 is 11.1 Å². The Bertz CT molecular complexity index is 432. The van der Waals surface area contributed by atoms with E-state index in [1.54, 1.807) is 6.92 Å². The molecule has 1 amide bonds. The number of hydrogen-bond acceptors (Lipinski definition) is 3. The maximum Gasteiger partial charge on any atom is 0.326 e. The van der Waals surface area contributed by atoms with Gasteiger partial charge in [-0.1, -0.05) is 31.2 Å². The molecule has 0 aliphatic heterocycles. The second kappa shape index (κ2) is 6.76. The Morgan fingerprint density at radius 1 is 1.33 bits per heavy atom. The van der Waals surface area contributed by atoms with Crippen LogP contribution in [-0.4, -0.2) is 23.0 Å². The number of nitrogens with two attached hydrogens (primary N) is 1. The highest BCUT2D eigenvalue weighted by Crippen LogP contribution is 2.08. The molecule has 0 bridgehead atoms. The number of carboxylic acid groups (broad SMARTS) is 1. The summed E-state index contributed by atoms with van der Waals surface area (Å²) in [5.74, 6) is -1.32. The van der Waals surface area contributed by atoms with Crippen LogP contribution in [0.15, 0.2) is 24.3 Å². The third-order valence-electron chi connectivity index (χ3n) is 2.73. The molecule has 1 aromatic carbocycles. The Balaban J connectivity index is 2.67. The summed E-state index contributed by atoms with van der Waals surface area (Å²) in [4.78, 5) is 22.5. The standard InChI is InChI=1S/C13H18N2O3/c1-2-11(13(17)18)15-12(16)7-9-5-3-4-6-10(9)8-14/h3-6,11H,2,7-8,14H2,1H3,(H,15,16)(H,17,18). The van der Waals surface area contributed by atoms with Gasteiger partial charge in [0.25, 0.3) is 0 Å². The van der Waals surface area contributed by atoms with Gasteiger partial charge in [-0.2, -0.15) is 0 Å². The van der Waals surface area contributed by atoms with Crippen LogP contribution in [0.25, 0.3) is 0 Å². The molecule has 0 radical (unpaired) electrons. The Morgan fingerprint density at radius 2 is 1.94 bits per heavy atom. The summed E-state index contributed by atoms with van der Waals surface area (Å²) in [6.07, 6.45) is 0.511. The second-order valence-corrected chi connectivity index (χ2v) is 4.02. The van der Waals surface area contributed by atoms with E-state index in [9.17, 15) is 9.59 Å². The first-order chi connectivity index (χ1) is 8.58. The van der Waals surface area contributed by atoms with Gasteiger partial charge in [-0.15, -0.1) is 0 Å². The smallest absolute Gasteiger partial charge is 0.326 e. The number of nitrogens with one attached hydrogen (secondary N) is 1. The molecule has 5 heteroatoms. The minimum atomic E-state index is -1.02. The highest BCUT2D eigenvalue weighted by molar-refractivity contribution is 5.84. The van der Waals surface area contributed by atoms with Crippen LogP contribution >= 0.6 is 0 Å². The van der Waals surface area contributed by atoms with Crippen LogP contribution in [0, 0.1) is 0 Å². The highest BCUT2D eigenvalue weighted by Gasteiger charge is 2.17. The lowest BCUT2D eigenvalue weighted by Crippen LogP contribution is -2.41. The number of amides is 1. The molecule has 1 unspecified atom stereocenters. The zero-order valence-corrected chi connectivity index (χ0v) is 10.3. The molecule has 18 heavy (non-hydrogen) atoms. The first-order valence-corrected chi connectivity index (χ1v) is 5.87. The van der Waals surface area contributed by atoms with Gasteiger partial charge in [0.1, 0.15) is 6.04 Å². The Morgan fingerprint density at radius 3 is 2.44 bits per heavy atom. The normalized spacial score (nSPS) is 11.9. The van der Waals surface area contributed by atoms with Crippen LogP contribution in [0.1, 0.15) is 24.5 Å². The molecule has 0 saturated heterocycles. The summed E-state index contributed by atoms with van der Waals surface area (Å²) in [5, 5.41) is 11.3. The molecule has 0 aliphatic rings. The summed E-state index contributed by atoms with van der Waals surface area (Å²) in [5.41, 5.74) is 7.31. The lowest BCUT2D eigenvalue weighted by atomic mass is 10.0. The van der Waals surface area contributed by atoms with E-state index in [0.29, 0.717) is 13.0 Å². The molecule has 0 aromatic heterocycles. The van der Waals surface area contributed by atoms with Gasteiger partial charge in [0, 0.05) is 6.54 Å². The van der Waals surface area contributed by atoms with Gasteiger partial charge in [0.05, 0.1) is 6.42 Å². The van der Waals surface area contributed by atoms with Crippen molar-refractivity contribution in [1.82, 2.24) is 5.32 Å². The van der Waals surface area contributed by atoms with Crippen molar-refractivity contribution in [2.75, 3.05) is 0 Å². The van der Waals surface area contributed by atoms with E-state index >= 15 is 0 Å². The van der Waals surface area contributed by atoms with Gasteiger partial charge in [0.2, 0.25) is 5.91 Å². The zero-order valence-electron chi connectivity index (χ0n) is 10.3. The first kappa shape index (κ1) is 14.2. The number of carboxylic acids is 1. The fourth-order valence-corrected chi connectivity index (χ4v) is 1.69. The number of carbonyl (C=O) groups is 2. The number of aliphatic carboxylic acids is 1. The van der Waals surface area contributed by atoms with Crippen LogP contribution in [0.2, 0.25) is 0 Å². The zero-order chi connectivity index (χ0) is 13.5. The van der Waals surface area contributed by atoms with Crippen LogP contribution in [0.4, 0.5) is 0 Å². The quantitative estimate of drug-likeness (QED) is 0.691. The molecule has 0 fully saturated rings. The summed E-state index contributed by atoms with van der Waals surface area (Å²) >= 11 is 0. The number of rotatable bonds is 6. The van der Waals surface area contributed by atoms with E-state index < -0.39 is 12.0 Å². The van der Waals surface area contributed by atoms with E-state index in [-0.39, 0.29) is 12.3 Å². The van der Waals surface area contributed by atoms with Gasteiger partial charge in [-0.05, 0) is 17.5 Å². The van der Waals surface area contributed by atoms with Crippen molar-refractivity contribution >= 4 is 11.9 Å². The molecular weight excluding hydrogens is 232 g/mol. The summed E-state index contributed by atoms with van der Waals surface area (Å²) < 4.78 is 0. The minimum absolute atomic E-state index is 0.150. The van der Waals surface area contributed by atoms with Crippen molar-refractivity contribution in [3.63, 3.8) is 0 Å². The topological polar surface area (TPSA) is 92.4 Å². The molecule has 98 valence electrons. The van der Waals surface area contributed by atoms with Gasteiger partial charge < -0.3 is 16.2 Å². The largest absolute Gasteiger partial charge is 0.480 e. The molecule has 0 saturated carbocycles. The molecule has 1 aromatic rings. The number of carbonyl (C=O) groups excluding carboxylic acids is 1. The van der Waals surface area contributed by atoms with Crippen molar-refractivity contribution in [2.45, 2.75) is 32.4 Å². The first-order valence-electron chi connectivity index (χ1n) is 5.87. The van der Waals surface area contributed by atoms with Gasteiger partial charge >= 0.3 is 5.97 Å². The Kier molecular flexibility index (Phi) is 5.32. The van der Waals surface area contributed by atoms with Crippen molar-refractivity contribution in [2.24, 2.45) is 5.73 Å². The lowest BCUT2D eigenvalue weighted by molar-refractivity contribution is -0.141. The Hall–Kier alpha value is -1.88. The fourth-order valence-electron chi connectivity index (χ4n) is 1.69. The highest BCUT2D eigenvalue weighted by atomic mass is 16.4. The maximum absolute atomic E-state index is 11.7. The predicted octanol–water partition coefficient (Wildman–Crippen LogP) is 0.667. The maximum atomic E-state index is 11.7. The molecule has 5 nitrogen and oxygen atoms in total. The molecule has 0 aliphatic carbocycles. The minimum Gasteiger partial charge on any atom is -0.480 e. The van der Waals surface area contributed by atoms with E-state index in [2.05, 4.69) is 5.32 Å². The SMILES string of the molecule is CCC(NC(=O)Cc1ccccc1CN)C(=O)O. The van der Waals surface area contributed by atoms with Crippen LogP contribution in [0.3, 0.4) is 0 Å². The van der Waals surface area contributed by atoms with Gasteiger partial charge in [-0.3, -0.25) is 4.79 Å². The number of hydrogen-bond donors (Lipinski definition) is 3. The molecular formula is C13H18N2O3. The Labute approximate surface area is 106 Å². The summed E-state index contributed by atoms with van der Waals surface area (Å²) in [7, 11) is 0. The fraction of sp³-hybridized carbons (Fsp3) is 0.385. The van der Waals surface area contributed by atoms with Crippen molar-refractivity contribution in [1.29, 1.82) is 0 Å². The van der Waals surface area contributed by atoms with Crippen molar-refractivity contribution < 1.29 is 14.7 Å². The van der Waals surface area contributed by atoms with Gasteiger partial charge in [-0.25, -0.2) is 4.79 Å². The molecule has 0 heterocycles. The van der Waals surface area contributed by atoms with Crippen LogP contribution in [-0.2, 0) is 22.6 Å². The average Bonchev–Trinajstić information content (AvgIpc) is 2.36. The lowest BCUT2D eigenvalue weighted by Gasteiger charge is -2.13. The molecule has 1 atom stereocenters. The van der Waals surface area contributed by atoms with E-state index in [4.69, 9.17) is 10.8 Å². The second-order valence-electron chi connectivity index (χ2n) is 4.02. The predicted molar refractivity (Wildman–Crippen MR) is 67.9 cm³/mol. The summed E-state index contributed by atoms with van der Waals surface area (Å²) in [6.45, 7) is 2.08. The van der Waals surface area contributed by atoms with E-state index in [1.807, 2.05) is 24.3 Å². The monoisotopic (exact) mass is 250 g/mol. The van der Waals surface area contributed by atoms with Crippen LogP contribution in [0.5, 0.6) is 0 Å². The third kappa shape index (κ3) is 3.85. The summed E-state index contributed by atoms with van der Waals surface area (Å²) in [6, 6.07) is 6.54. The third-order valence-corrected chi connectivity index (χ3v) is 2.73. The van der Waals surface area contributed by atoms with E-state index in [0.717, 1.165) is 11.1 Å². The molecule has 1 rings (SSSR count). The molecule has 4 N–H and O–H groups in total. The number of benzene rings is 1. The van der Waals surface area contributed by atoms with Crippen molar-refractivity contribution in [3.8, 4) is 0 Å². The van der Waals surface area contributed by atoms with Gasteiger partial charge in [0.15, 0.2) is 0 Å². The van der Waals surface area contributed by atoms with Crippen molar-refractivity contribution in [3.05, 3.63) is 35.4 Å². The molecule has 0 spiro atoms.